The number of methoxy groups -OCH3 is 1. The predicted octanol–water partition coefficient (Wildman–Crippen LogP) is 1.24. The summed E-state index contributed by atoms with van der Waals surface area (Å²) in [5.41, 5.74) is -2.13. The maximum absolute atomic E-state index is 14.3. The number of hydrogen-bond donors (Lipinski definition) is 2. The van der Waals surface area contributed by atoms with Crippen LogP contribution in [0.1, 0.15) is 26.4 Å². The van der Waals surface area contributed by atoms with Crippen LogP contribution in [0.3, 0.4) is 0 Å². The van der Waals surface area contributed by atoms with Crippen molar-refractivity contribution >= 4 is 23.5 Å². The molecule has 1 aliphatic heterocycles. The Labute approximate surface area is 169 Å². The van der Waals surface area contributed by atoms with Crippen molar-refractivity contribution in [2.45, 2.75) is 6.54 Å². The zero-order valence-corrected chi connectivity index (χ0v) is 16.0. The van der Waals surface area contributed by atoms with Gasteiger partial charge in [-0.25, -0.2) is 9.18 Å². The quantitative estimate of drug-likeness (QED) is 0.716. The molecule has 11 heteroatoms. The topological polar surface area (TPSA) is 112 Å². The van der Waals surface area contributed by atoms with Crippen molar-refractivity contribution in [1.82, 2.24) is 9.58 Å². The number of halogens is 2. The second-order valence-corrected chi connectivity index (χ2v) is 6.71. The molecule has 0 unspecified atom stereocenters. The maximum atomic E-state index is 14.3. The van der Waals surface area contributed by atoms with Gasteiger partial charge in [0.25, 0.3) is 5.91 Å². The molecular formula is C18H17ClFN3O6. The van der Waals surface area contributed by atoms with Crippen molar-refractivity contribution in [2.75, 3.05) is 31.9 Å². The molecule has 154 valence electrons. The molecule has 1 aromatic carbocycles. The van der Waals surface area contributed by atoms with Gasteiger partial charge in [0, 0.05) is 18.9 Å². The highest BCUT2D eigenvalue weighted by Crippen LogP contribution is 2.25. The Kier molecular flexibility index (Phi) is 5.76. The van der Waals surface area contributed by atoms with Gasteiger partial charge in [0.2, 0.25) is 5.43 Å². The molecule has 0 saturated carbocycles. The number of carboxylic acids is 1. The van der Waals surface area contributed by atoms with E-state index >= 15 is 0 Å². The van der Waals surface area contributed by atoms with E-state index in [1.807, 2.05) is 0 Å². The van der Waals surface area contributed by atoms with Gasteiger partial charge >= 0.3 is 5.97 Å². The van der Waals surface area contributed by atoms with Crippen molar-refractivity contribution in [3.63, 3.8) is 0 Å². The molecule has 0 atom stereocenters. The van der Waals surface area contributed by atoms with Crippen LogP contribution in [0.15, 0.2) is 29.2 Å². The number of rotatable bonds is 6. The number of ether oxygens (including phenoxy) is 1. The molecule has 1 amide bonds. The zero-order valence-electron chi connectivity index (χ0n) is 15.3. The molecule has 2 N–H and O–H groups in total. The highest BCUT2D eigenvalue weighted by molar-refractivity contribution is 6.30. The number of amides is 1. The first-order chi connectivity index (χ1) is 13.8. The molecule has 1 aromatic heterocycles. The monoisotopic (exact) mass is 425 g/mol. The lowest BCUT2D eigenvalue weighted by molar-refractivity contribution is 0.0647. The Morgan fingerprint density at radius 1 is 1.34 bits per heavy atom. The largest absolute Gasteiger partial charge is 0.502 e. The average molecular weight is 426 g/mol. The molecule has 0 saturated heterocycles. The lowest BCUT2D eigenvalue weighted by atomic mass is 10.1. The molecule has 3 rings (SSSR count). The maximum Gasteiger partial charge on any atom is 0.341 e. The molecule has 0 bridgehead atoms. The van der Waals surface area contributed by atoms with Crippen LogP contribution in [0.2, 0.25) is 5.02 Å². The summed E-state index contributed by atoms with van der Waals surface area (Å²) >= 11 is 5.79. The van der Waals surface area contributed by atoms with Gasteiger partial charge in [-0.05, 0) is 6.07 Å². The first-order valence-electron chi connectivity index (χ1n) is 8.44. The van der Waals surface area contributed by atoms with Crippen molar-refractivity contribution in [3.05, 3.63) is 62.3 Å². The van der Waals surface area contributed by atoms with E-state index < -0.39 is 40.1 Å². The Balaban J connectivity index is 2.08. The average Bonchev–Trinajstić information content (AvgIpc) is 2.68. The molecule has 9 nitrogen and oxygen atoms in total. The number of fused-ring (bicyclic) bond motifs is 1. The molecule has 29 heavy (non-hydrogen) atoms. The fourth-order valence-electron chi connectivity index (χ4n) is 3.02. The van der Waals surface area contributed by atoms with Gasteiger partial charge in [-0.1, -0.05) is 23.7 Å². The third-order valence-corrected chi connectivity index (χ3v) is 4.76. The van der Waals surface area contributed by atoms with Gasteiger partial charge in [0.1, 0.15) is 18.0 Å². The summed E-state index contributed by atoms with van der Waals surface area (Å²) in [7, 11) is 1.46. The highest BCUT2D eigenvalue weighted by atomic mass is 35.5. The van der Waals surface area contributed by atoms with Gasteiger partial charge in [0.05, 0.1) is 24.7 Å². The number of nitrogens with zero attached hydrogens (tertiary/aromatic N) is 3. The minimum absolute atomic E-state index is 0.0669. The van der Waals surface area contributed by atoms with Gasteiger partial charge in [-0.15, -0.1) is 0 Å². The molecule has 2 heterocycles. The molecule has 1 aliphatic rings. The molecule has 0 spiro atoms. The first-order valence-corrected chi connectivity index (χ1v) is 8.82. The van der Waals surface area contributed by atoms with Crippen LogP contribution in [0.4, 0.5) is 4.39 Å². The SMILES string of the molecule is COCCN1CN(Cc2cccc(Cl)c2F)C(=O)c2c(O)c(=O)c(C(=O)O)cn21. The number of carbonyl (C=O) groups is 2. The van der Waals surface area contributed by atoms with Gasteiger partial charge in [-0.3, -0.25) is 19.3 Å². The second-order valence-electron chi connectivity index (χ2n) is 6.30. The number of benzene rings is 1. The van der Waals surface area contributed by atoms with E-state index in [-0.39, 0.29) is 37.0 Å². The van der Waals surface area contributed by atoms with Crippen molar-refractivity contribution in [3.8, 4) is 5.75 Å². The summed E-state index contributed by atoms with van der Waals surface area (Å²) in [5, 5.41) is 20.9. The minimum atomic E-state index is -1.54. The van der Waals surface area contributed by atoms with Crippen LogP contribution < -0.4 is 10.4 Å². The van der Waals surface area contributed by atoms with Crippen LogP contribution >= 0.6 is 11.6 Å². The normalized spacial score (nSPS) is 13.6. The van der Waals surface area contributed by atoms with Crippen LogP contribution in [-0.4, -0.2) is 58.6 Å². The Morgan fingerprint density at radius 3 is 2.72 bits per heavy atom. The van der Waals surface area contributed by atoms with Gasteiger partial charge in [0.15, 0.2) is 11.4 Å². The summed E-state index contributed by atoms with van der Waals surface area (Å²) in [5.74, 6) is -3.97. The molecule has 0 aliphatic carbocycles. The molecule has 2 aromatic rings. The molecule has 0 fully saturated rings. The van der Waals surface area contributed by atoms with Crippen molar-refractivity contribution in [1.29, 1.82) is 0 Å². The van der Waals surface area contributed by atoms with E-state index in [0.29, 0.717) is 0 Å². The second kappa shape index (κ2) is 8.10. The van der Waals surface area contributed by atoms with Crippen LogP contribution in [0.5, 0.6) is 5.75 Å². The summed E-state index contributed by atoms with van der Waals surface area (Å²) in [6, 6.07) is 4.37. The fraction of sp³-hybridized carbons (Fsp3) is 0.278. The van der Waals surface area contributed by atoms with Crippen molar-refractivity contribution in [2.24, 2.45) is 0 Å². The van der Waals surface area contributed by atoms with E-state index in [4.69, 9.17) is 16.3 Å². The first kappa shape index (κ1) is 20.6. The Bertz CT molecular complexity index is 1040. The zero-order chi connectivity index (χ0) is 21.3. The fourth-order valence-corrected chi connectivity index (χ4v) is 3.21. The third kappa shape index (κ3) is 3.76. The Hall–Kier alpha value is -3.11. The van der Waals surface area contributed by atoms with Gasteiger partial charge < -0.3 is 19.8 Å². The summed E-state index contributed by atoms with van der Waals surface area (Å²) in [4.78, 5) is 37.6. The van der Waals surface area contributed by atoms with E-state index in [1.165, 1.54) is 35.2 Å². The highest BCUT2D eigenvalue weighted by Gasteiger charge is 2.34. The number of carboxylic acid groups (broad SMARTS) is 1. The van der Waals surface area contributed by atoms with Crippen LogP contribution in [-0.2, 0) is 11.3 Å². The van der Waals surface area contributed by atoms with E-state index in [9.17, 15) is 29.0 Å². The molecular weight excluding hydrogens is 409 g/mol. The van der Waals surface area contributed by atoms with Gasteiger partial charge in [-0.2, -0.15) is 0 Å². The number of pyridine rings is 1. The third-order valence-electron chi connectivity index (χ3n) is 4.47. The minimum Gasteiger partial charge on any atom is -0.502 e. The lowest BCUT2D eigenvalue weighted by Crippen LogP contribution is -2.55. The number of carbonyl (C=O) groups excluding carboxylic acids is 1. The summed E-state index contributed by atoms with van der Waals surface area (Å²) in [6.45, 7) is 0.167. The van der Waals surface area contributed by atoms with Crippen LogP contribution in [0, 0.1) is 5.82 Å². The summed E-state index contributed by atoms with van der Waals surface area (Å²) in [6.07, 6.45) is 0.977. The number of hydrogen-bond acceptors (Lipinski definition) is 6. The lowest BCUT2D eigenvalue weighted by Gasteiger charge is -2.39. The van der Waals surface area contributed by atoms with E-state index in [2.05, 4.69) is 0 Å². The van der Waals surface area contributed by atoms with E-state index in [1.54, 1.807) is 0 Å². The van der Waals surface area contributed by atoms with Crippen molar-refractivity contribution < 1.29 is 28.9 Å². The molecule has 0 radical (unpaired) electrons. The summed E-state index contributed by atoms with van der Waals surface area (Å²) < 4.78 is 20.4. The predicted molar refractivity (Wildman–Crippen MR) is 100 cm³/mol. The number of aromatic hydroxyl groups is 1. The smallest absolute Gasteiger partial charge is 0.341 e. The van der Waals surface area contributed by atoms with Crippen LogP contribution in [0.25, 0.3) is 0 Å². The number of aromatic nitrogens is 1. The standard InChI is InChI=1S/C18H17ClFN3O6/c1-29-6-5-22-9-21(7-10-3-2-4-12(19)13(10)20)17(26)14-16(25)15(24)11(18(27)28)8-23(14)22/h2-4,8,25H,5-7,9H2,1H3,(H,27,28). The Morgan fingerprint density at radius 2 is 2.07 bits per heavy atom. The van der Waals surface area contributed by atoms with E-state index in [0.717, 1.165) is 10.9 Å². The number of aromatic carboxylic acids is 1.